The number of furan rings is 1. The lowest BCUT2D eigenvalue weighted by Gasteiger charge is -2.31. The zero-order chi connectivity index (χ0) is 28.2. The van der Waals surface area contributed by atoms with Crippen LogP contribution in [0, 0.1) is 0 Å². The van der Waals surface area contributed by atoms with E-state index < -0.39 is 6.04 Å². The Kier molecular flexibility index (Phi) is 5.87. The molecule has 0 fully saturated rings. The number of aromatic nitrogens is 2. The van der Waals surface area contributed by atoms with Gasteiger partial charge < -0.3 is 24.5 Å². The number of hydrogen-bond donors (Lipinski definition) is 2. The number of amides is 1. The molecule has 0 radical (unpaired) electrons. The maximum absolute atomic E-state index is 14.2. The number of halogens is 1. The summed E-state index contributed by atoms with van der Waals surface area (Å²) in [4.78, 5) is 19.1. The number of imidazole rings is 1. The van der Waals surface area contributed by atoms with Gasteiger partial charge in [0.1, 0.15) is 22.7 Å². The fourth-order valence-corrected chi connectivity index (χ4v) is 5.87. The van der Waals surface area contributed by atoms with E-state index >= 15 is 0 Å². The molecule has 0 spiro atoms. The van der Waals surface area contributed by atoms with E-state index in [9.17, 15) is 4.79 Å². The number of ether oxygens (including phenoxy) is 2. The lowest BCUT2D eigenvalue weighted by atomic mass is 9.93. The molecule has 1 aliphatic heterocycles. The van der Waals surface area contributed by atoms with Crippen molar-refractivity contribution < 1.29 is 18.7 Å². The van der Waals surface area contributed by atoms with Crippen LogP contribution in [0.3, 0.4) is 0 Å². The van der Waals surface area contributed by atoms with Crippen molar-refractivity contribution in [3.8, 4) is 11.5 Å². The number of methoxy groups -OCH3 is 2. The van der Waals surface area contributed by atoms with Crippen molar-refractivity contribution in [2.45, 2.75) is 13.0 Å². The van der Waals surface area contributed by atoms with E-state index in [0.717, 1.165) is 38.5 Å². The Labute approximate surface area is 240 Å². The summed E-state index contributed by atoms with van der Waals surface area (Å²) in [7, 11) is 3.05. The van der Waals surface area contributed by atoms with Crippen molar-refractivity contribution in [1.82, 2.24) is 9.55 Å². The molecule has 0 aliphatic carbocycles. The molecule has 204 valence electrons. The largest absolute Gasteiger partial charge is 0.495 e. The van der Waals surface area contributed by atoms with Crippen LogP contribution in [0.15, 0.2) is 94.6 Å². The van der Waals surface area contributed by atoms with E-state index in [1.54, 1.807) is 12.1 Å². The molecule has 1 amide bonds. The van der Waals surface area contributed by atoms with Crippen molar-refractivity contribution in [2.75, 3.05) is 24.9 Å². The molecule has 0 saturated carbocycles. The van der Waals surface area contributed by atoms with Gasteiger partial charge in [-0.3, -0.25) is 9.36 Å². The first-order valence-corrected chi connectivity index (χ1v) is 13.4. The summed E-state index contributed by atoms with van der Waals surface area (Å²) >= 11 is 6.32. The Morgan fingerprint density at radius 3 is 2.54 bits per heavy atom. The molecule has 2 aromatic heterocycles. The first-order valence-electron chi connectivity index (χ1n) is 13.1. The van der Waals surface area contributed by atoms with E-state index in [1.807, 2.05) is 67.6 Å². The fraction of sp³-hybridized carbons (Fsp3) is 0.125. The summed E-state index contributed by atoms with van der Waals surface area (Å²) in [6.45, 7) is 1.89. The highest BCUT2D eigenvalue weighted by Crippen LogP contribution is 2.42. The number of nitrogens with one attached hydrogen (secondary N) is 2. The van der Waals surface area contributed by atoms with Crippen LogP contribution in [0.1, 0.15) is 18.5 Å². The third-order valence-corrected chi connectivity index (χ3v) is 7.81. The average Bonchev–Trinajstić information content (AvgIpc) is 3.54. The third-order valence-electron chi connectivity index (χ3n) is 7.51. The van der Waals surface area contributed by atoms with E-state index in [-0.39, 0.29) is 5.91 Å². The zero-order valence-electron chi connectivity index (χ0n) is 22.5. The van der Waals surface area contributed by atoms with Gasteiger partial charge in [0.05, 0.1) is 47.6 Å². The highest BCUT2D eigenvalue weighted by Gasteiger charge is 2.35. The number of allylic oxidation sites excluding steroid dienone is 1. The topological polar surface area (TPSA) is 90.6 Å². The number of carbonyl (C=O) groups is 1. The first kappa shape index (κ1) is 25.0. The third kappa shape index (κ3) is 3.98. The number of rotatable bonds is 5. The maximum atomic E-state index is 14.2. The predicted octanol–water partition coefficient (Wildman–Crippen LogP) is 7.53. The van der Waals surface area contributed by atoms with Crippen LogP contribution >= 0.6 is 11.6 Å². The van der Waals surface area contributed by atoms with Crippen LogP contribution in [0.2, 0.25) is 5.02 Å². The Morgan fingerprint density at radius 1 is 0.951 bits per heavy atom. The minimum atomic E-state index is -0.489. The summed E-state index contributed by atoms with van der Waals surface area (Å²) in [5, 5.41) is 8.77. The van der Waals surface area contributed by atoms with Gasteiger partial charge in [0, 0.05) is 28.6 Å². The number of carbonyl (C=O) groups excluding carboxylic acids is 1. The highest BCUT2D eigenvalue weighted by atomic mass is 35.5. The summed E-state index contributed by atoms with van der Waals surface area (Å²) in [5.41, 5.74) is 5.90. The number of fused-ring (bicyclic) bond motifs is 6. The normalized spacial score (nSPS) is 14.8. The Bertz CT molecular complexity index is 2040. The SMILES string of the molecule is COc1cc(NC(=O)C2=C(C)Nc3nc4ccccc4n3C2c2ccc3oc4ccccc4c3c2)c(OC)cc1Cl. The molecule has 7 rings (SSSR count). The van der Waals surface area contributed by atoms with Gasteiger partial charge in [0.2, 0.25) is 5.95 Å². The molecule has 4 aromatic carbocycles. The Balaban J connectivity index is 1.41. The summed E-state index contributed by atoms with van der Waals surface area (Å²) in [6, 6.07) is 24.7. The molecule has 0 bridgehead atoms. The molecule has 1 atom stereocenters. The minimum Gasteiger partial charge on any atom is -0.495 e. The van der Waals surface area contributed by atoms with E-state index in [0.29, 0.717) is 39.4 Å². The summed E-state index contributed by atoms with van der Waals surface area (Å²) < 4.78 is 19.1. The van der Waals surface area contributed by atoms with Gasteiger partial charge >= 0.3 is 0 Å². The van der Waals surface area contributed by atoms with Gasteiger partial charge in [-0.1, -0.05) is 48.0 Å². The standard InChI is InChI=1S/C32H25ClN4O4/c1-17-29(31(38)35-23-16-27(39-2)21(33)15-28(23)40-3)30(37-24-10-6-5-9-22(24)36-32(37)34-17)18-12-13-26-20(14-18)19-8-4-7-11-25(19)41-26/h4-16,30H,1-3H3,(H,34,36)(H,35,38). The summed E-state index contributed by atoms with van der Waals surface area (Å²) in [6.07, 6.45) is 0. The number of hydrogen-bond acceptors (Lipinski definition) is 6. The van der Waals surface area contributed by atoms with Gasteiger partial charge in [-0.2, -0.15) is 0 Å². The molecule has 2 N–H and O–H groups in total. The number of nitrogens with zero attached hydrogens (tertiary/aromatic N) is 2. The molecule has 3 heterocycles. The zero-order valence-corrected chi connectivity index (χ0v) is 23.2. The lowest BCUT2D eigenvalue weighted by Crippen LogP contribution is -2.31. The second-order valence-electron chi connectivity index (χ2n) is 9.86. The second kappa shape index (κ2) is 9.60. The lowest BCUT2D eigenvalue weighted by molar-refractivity contribution is -0.113. The summed E-state index contributed by atoms with van der Waals surface area (Å²) in [5.74, 6) is 1.20. The highest BCUT2D eigenvalue weighted by molar-refractivity contribution is 6.32. The van der Waals surface area contributed by atoms with Gasteiger partial charge in [-0.15, -0.1) is 0 Å². The average molecular weight is 565 g/mol. The first-order chi connectivity index (χ1) is 20.0. The molecular formula is C32H25ClN4O4. The van der Waals surface area contributed by atoms with Crippen molar-refractivity contribution in [2.24, 2.45) is 0 Å². The fourth-order valence-electron chi connectivity index (χ4n) is 5.64. The molecule has 6 aromatic rings. The van der Waals surface area contributed by atoms with Crippen LogP contribution in [0.5, 0.6) is 11.5 Å². The molecule has 8 nitrogen and oxygen atoms in total. The van der Waals surface area contributed by atoms with Gasteiger partial charge in [-0.05, 0) is 42.8 Å². The number of benzene rings is 4. The van der Waals surface area contributed by atoms with Gasteiger partial charge in [0.25, 0.3) is 5.91 Å². The van der Waals surface area contributed by atoms with E-state index in [4.69, 9.17) is 30.5 Å². The predicted molar refractivity (Wildman–Crippen MR) is 161 cm³/mol. The molecular weight excluding hydrogens is 540 g/mol. The second-order valence-corrected chi connectivity index (χ2v) is 10.3. The molecule has 41 heavy (non-hydrogen) atoms. The van der Waals surface area contributed by atoms with Crippen LogP contribution in [-0.4, -0.2) is 29.7 Å². The van der Waals surface area contributed by atoms with Crippen LogP contribution in [0.25, 0.3) is 33.0 Å². The Morgan fingerprint density at radius 2 is 1.71 bits per heavy atom. The van der Waals surface area contributed by atoms with Crippen molar-refractivity contribution in [3.63, 3.8) is 0 Å². The molecule has 1 unspecified atom stereocenters. The van der Waals surface area contributed by atoms with Crippen LogP contribution in [0.4, 0.5) is 11.6 Å². The molecule has 1 aliphatic rings. The van der Waals surface area contributed by atoms with Crippen LogP contribution < -0.4 is 20.1 Å². The van der Waals surface area contributed by atoms with Crippen molar-refractivity contribution in [1.29, 1.82) is 0 Å². The monoisotopic (exact) mass is 564 g/mol. The minimum absolute atomic E-state index is 0.303. The van der Waals surface area contributed by atoms with E-state index in [1.165, 1.54) is 14.2 Å². The Hall–Kier alpha value is -4.95. The van der Waals surface area contributed by atoms with Crippen LogP contribution in [-0.2, 0) is 4.79 Å². The molecule has 0 saturated heterocycles. The van der Waals surface area contributed by atoms with Crippen molar-refractivity contribution >= 4 is 62.1 Å². The molecule has 9 heteroatoms. The quantitative estimate of drug-likeness (QED) is 0.225. The van der Waals surface area contributed by atoms with E-state index in [2.05, 4.69) is 21.3 Å². The number of para-hydroxylation sites is 3. The maximum Gasteiger partial charge on any atom is 0.255 e. The van der Waals surface area contributed by atoms with Gasteiger partial charge in [-0.25, -0.2) is 4.98 Å². The van der Waals surface area contributed by atoms with Crippen molar-refractivity contribution in [3.05, 3.63) is 101 Å². The smallest absolute Gasteiger partial charge is 0.255 e. The van der Waals surface area contributed by atoms with Gasteiger partial charge in [0.15, 0.2) is 0 Å². The number of anilines is 2.